The zero-order chi connectivity index (χ0) is 20.8. The van der Waals surface area contributed by atoms with E-state index in [4.69, 9.17) is 16.2 Å². The normalized spacial score (nSPS) is 16.8. The lowest BCUT2D eigenvalue weighted by Crippen LogP contribution is -2.36. The second-order valence-corrected chi connectivity index (χ2v) is 9.11. The fraction of sp³-hybridized carbons (Fsp3) is 0.440. The summed E-state index contributed by atoms with van der Waals surface area (Å²) in [5, 5.41) is 4.12. The topological polar surface area (TPSA) is 50.7 Å². The summed E-state index contributed by atoms with van der Waals surface area (Å²) in [5.41, 5.74) is 2.95. The number of thiophene rings is 1. The van der Waals surface area contributed by atoms with Gasteiger partial charge in [0.1, 0.15) is 17.4 Å². The molecule has 0 aliphatic heterocycles. The Labute approximate surface area is 182 Å². The number of fused-ring (bicyclic) bond motifs is 1. The Morgan fingerprint density at radius 3 is 2.90 bits per heavy atom. The highest BCUT2D eigenvalue weighted by Gasteiger charge is 2.27. The van der Waals surface area contributed by atoms with Crippen LogP contribution in [0.3, 0.4) is 0 Å². The van der Waals surface area contributed by atoms with E-state index in [0.29, 0.717) is 6.04 Å². The number of ether oxygens (including phenoxy) is 1. The van der Waals surface area contributed by atoms with E-state index in [2.05, 4.69) is 11.2 Å². The van der Waals surface area contributed by atoms with E-state index in [-0.39, 0.29) is 12.5 Å². The Kier molecular flexibility index (Phi) is 6.86. The van der Waals surface area contributed by atoms with Crippen LogP contribution in [0.2, 0.25) is 0 Å². The maximum atomic E-state index is 13.2. The number of amides is 1. The Hall–Kier alpha value is -2.58. The third-order valence-corrected chi connectivity index (χ3v) is 7.03. The monoisotopic (exact) mass is 420 g/mol. The molecule has 30 heavy (non-hydrogen) atoms. The lowest BCUT2D eigenvalue weighted by Gasteiger charge is -2.23. The highest BCUT2D eigenvalue weighted by Crippen LogP contribution is 2.40. The molecule has 1 heterocycles. The first-order valence-electron chi connectivity index (χ1n) is 10.9. The van der Waals surface area contributed by atoms with E-state index in [9.17, 15) is 4.79 Å². The van der Waals surface area contributed by atoms with Crippen molar-refractivity contribution in [3.8, 4) is 18.1 Å². The zero-order valence-corrected chi connectivity index (χ0v) is 18.1. The Balaban J connectivity index is 1.58. The number of nitrogens with zero attached hydrogens (tertiary/aromatic N) is 1. The van der Waals surface area contributed by atoms with Crippen molar-refractivity contribution in [2.45, 2.75) is 63.8 Å². The van der Waals surface area contributed by atoms with Gasteiger partial charge >= 0.3 is 0 Å². The molecule has 1 aromatic heterocycles. The van der Waals surface area contributed by atoms with Crippen LogP contribution in [0.1, 0.15) is 71.3 Å². The SMILES string of the molecule is C#CCOc1cccc(C=Nc2sc3c(c2C(=O)NC2CCCCC2)CCCC3)c1. The van der Waals surface area contributed by atoms with Gasteiger partial charge in [-0.15, -0.1) is 17.8 Å². The van der Waals surface area contributed by atoms with Gasteiger partial charge in [-0.3, -0.25) is 4.79 Å². The largest absolute Gasteiger partial charge is 0.481 e. The van der Waals surface area contributed by atoms with Crippen LogP contribution >= 0.6 is 11.3 Å². The first kappa shape index (κ1) is 20.7. The first-order valence-corrected chi connectivity index (χ1v) is 11.7. The number of carbonyl (C=O) groups excluding carboxylic acids is 1. The smallest absolute Gasteiger partial charge is 0.254 e. The van der Waals surface area contributed by atoms with Crippen LogP contribution in [0, 0.1) is 12.3 Å². The van der Waals surface area contributed by atoms with E-state index in [1.54, 1.807) is 11.3 Å². The number of benzene rings is 1. The van der Waals surface area contributed by atoms with Gasteiger partial charge in [0, 0.05) is 17.1 Å². The van der Waals surface area contributed by atoms with E-state index in [1.807, 2.05) is 30.5 Å². The van der Waals surface area contributed by atoms with E-state index in [1.165, 1.54) is 36.1 Å². The molecular weight excluding hydrogens is 392 g/mol. The molecule has 0 unspecified atom stereocenters. The van der Waals surface area contributed by atoms with Gasteiger partial charge < -0.3 is 10.1 Å². The Morgan fingerprint density at radius 2 is 2.07 bits per heavy atom. The third-order valence-electron chi connectivity index (χ3n) is 5.83. The van der Waals surface area contributed by atoms with Crippen molar-refractivity contribution in [3.05, 3.63) is 45.8 Å². The predicted molar refractivity (Wildman–Crippen MR) is 123 cm³/mol. The van der Waals surface area contributed by atoms with Crippen molar-refractivity contribution < 1.29 is 9.53 Å². The molecule has 2 aliphatic rings. The Bertz CT molecular complexity index is 964. The van der Waals surface area contributed by atoms with Gasteiger partial charge in [0.15, 0.2) is 0 Å². The molecule has 0 radical (unpaired) electrons. The molecule has 4 nitrogen and oxygen atoms in total. The minimum Gasteiger partial charge on any atom is -0.481 e. The number of carbonyl (C=O) groups is 1. The number of hydrogen-bond donors (Lipinski definition) is 1. The van der Waals surface area contributed by atoms with Crippen molar-refractivity contribution in [3.63, 3.8) is 0 Å². The number of aliphatic imine (C=N–C) groups is 1. The highest BCUT2D eigenvalue weighted by atomic mass is 32.1. The average Bonchev–Trinajstić information content (AvgIpc) is 3.16. The van der Waals surface area contributed by atoms with Gasteiger partial charge in [0.05, 0.1) is 5.56 Å². The lowest BCUT2D eigenvalue weighted by atomic mass is 9.93. The molecule has 0 bridgehead atoms. The van der Waals surface area contributed by atoms with Gasteiger partial charge in [0.25, 0.3) is 5.91 Å². The van der Waals surface area contributed by atoms with Crippen molar-refractivity contribution >= 4 is 28.5 Å². The molecule has 2 aliphatic carbocycles. The molecule has 2 aromatic rings. The van der Waals surface area contributed by atoms with Gasteiger partial charge in [-0.25, -0.2) is 4.99 Å². The van der Waals surface area contributed by atoms with Crippen LogP contribution in [0.4, 0.5) is 5.00 Å². The van der Waals surface area contributed by atoms with Crippen LogP contribution in [-0.2, 0) is 12.8 Å². The fourth-order valence-electron chi connectivity index (χ4n) is 4.32. The standard InChI is InChI=1S/C25H28N2O2S/c1-2-15-29-20-12-8-9-18(16-20)17-26-25-23(21-13-6-7-14-22(21)30-25)24(28)27-19-10-4-3-5-11-19/h1,8-9,12,16-17,19H,3-7,10-11,13-15H2,(H,27,28). The molecule has 0 atom stereocenters. The van der Waals surface area contributed by atoms with Crippen LogP contribution in [-0.4, -0.2) is 24.8 Å². The molecule has 1 N–H and O–H groups in total. The molecule has 1 aromatic carbocycles. The van der Waals surface area contributed by atoms with E-state index < -0.39 is 0 Å². The summed E-state index contributed by atoms with van der Waals surface area (Å²) in [7, 11) is 0. The number of terminal acetylenes is 1. The summed E-state index contributed by atoms with van der Waals surface area (Å²) in [6.45, 7) is 0.240. The van der Waals surface area contributed by atoms with E-state index >= 15 is 0 Å². The number of aryl methyl sites for hydroxylation is 1. The summed E-state index contributed by atoms with van der Waals surface area (Å²) >= 11 is 1.67. The molecule has 0 spiro atoms. The van der Waals surface area contributed by atoms with Crippen LogP contribution < -0.4 is 10.1 Å². The van der Waals surface area contributed by atoms with Gasteiger partial charge in [0.2, 0.25) is 0 Å². The second-order valence-electron chi connectivity index (χ2n) is 8.02. The molecule has 0 saturated heterocycles. The molecule has 1 fully saturated rings. The highest BCUT2D eigenvalue weighted by molar-refractivity contribution is 7.16. The summed E-state index contributed by atoms with van der Waals surface area (Å²) < 4.78 is 5.50. The average molecular weight is 421 g/mol. The van der Waals surface area contributed by atoms with Crippen molar-refractivity contribution in [2.24, 2.45) is 4.99 Å². The molecule has 1 amide bonds. The number of rotatable bonds is 6. The number of hydrogen-bond acceptors (Lipinski definition) is 4. The molecular formula is C25H28N2O2S. The third kappa shape index (κ3) is 4.94. The lowest BCUT2D eigenvalue weighted by molar-refractivity contribution is 0.0927. The number of nitrogens with one attached hydrogen (secondary N) is 1. The van der Waals surface area contributed by atoms with Crippen LogP contribution in [0.25, 0.3) is 0 Å². The van der Waals surface area contributed by atoms with Gasteiger partial charge in [-0.05, 0) is 61.8 Å². The summed E-state index contributed by atoms with van der Waals surface area (Å²) in [6.07, 6.45) is 17.3. The molecule has 1 saturated carbocycles. The maximum Gasteiger partial charge on any atom is 0.254 e. The summed E-state index contributed by atoms with van der Waals surface area (Å²) in [4.78, 5) is 19.3. The Morgan fingerprint density at radius 1 is 1.23 bits per heavy atom. The predicted octanol–water partition coefficient (Wildman–Crippen LogP) is 5.45. The van der Waals surface area contributed by atoms with Crippen LogP contribution in [0.15, 0.2) is 29.3 Å². The minimum atomic E-state index is 0.0551. The minimum absolute atomic E-state index is 0.0551. The fourth-order valence-corrected chi connectivity index (χ4v) is 5.55. The maximum absolute atomic E-state index is 13.2. The van der Waals surface area contributed by atoms with Gasteiger partial charge in [-0.1, -0.05) is 37.3 Å². The summed E-state index contributed by atoms with van der Waals surface area (Å²) in [5.74, 6) is 3.25. The molecule has 4 rings (SSSR count). The van der Waals surface area contributed by atoms with Crippen molar-refractivity contribution in [2.75, 3.05) is 6.61 Å². The zero-order valence-electron chi connectivity index (χ0n) is 17.3. The van der Waals surface area contributed by atoms with E-state index in [0.717, 1.165) is 54.0 Å². The van der Waals surface area contributed by atoms with Crippen molar-refractivity contribution in [1.29, 1.82) is 0 Å². The molecule has 5 heteroatoms. The van der Waals surface area contributed by atoms with Crippen molar-refractivity contribution in [1.82, 2.24) is 5.32 Å². The summed E-state index contributed by atoms with van der Waals surface area (Å²) in [6, 6.07) is 7.98. The van der Waals surface area contributed by atoms with Gasteiger partial charge in [-0.2, -0.15) is 0 Å². The first-order chi connectivity index (χ1) is 14.7. The van der Waals surface area contributed by atoms with Crippen LogP contribution in [0.5, 0.6) is 5.75 Å². The second kappa shape index (κ2) is 9.95. The quantitative estimate of drug-likeness (QED) is 0.499. The molecule has 156 valence electrons.